The predicted octanol–water partition coefficient (Wildman–Crippen LogP) is 1.08. The van der Waals surface area contributed by atoms with Gasteiger partial charge < -0.3 is 15.4 Å². The number of hydrogen-bond acceptors (Lipinski definition) is 3. The number of likely N-dealkylation sites (N-methyl/N-ethyl adjacent to an activating group) is 1. The van der Waals surface area contributed by atoms with Gasteiger partial charge in [0, 0.05) is 25.7 Å². The highest BCUT2D eigenvalue weighted by molar-refractivity contribution is 4.64. The molecule has 3 nitrogen and oxygen atoms in total. The molecular formula is C10H24N2O. The lowest BCUT2D eigenvalue weighted by Crippen LogP contribution is -2.36. The topological polar surface area (TPSA) is 38.5 Å². The molecule has 0 amide bonds. The highest BCUT2D eigenvalue weighted by atomic mass is 16.5. The van der Waals surface area contributed by atoms with Crippen molar-refractivity contribution in [2.24, 2.45) is 5.73 Å². The second kappa shape index (κ2) is 8.48. The van der Waals surface area contributed by atoms with Gasteiger partial charge in [0.1, 0.15) is 0 Å². The number of rotatable bonds is 8. The normalized spacial score (nSPS) is 13.6. The molecule has 0 aliphatic heterocycles. The molecule has 0 aliphatic rings. The Morgan fingerprint density at radius 1 is 1.38 bits per heavy atom. The fraction of sp³-hybridized carbons (Fsp3) is 1.00. The molecule has 0 radical (unpaired) electrons. The number of nitrogens with zero attached hydrogens (tertiary/aromatic N) is 1. The Morgan fingerprint density at radius 3 is 2.62 bits per heavy atom. The van der Waals surface area contributed by atoms with Gasteiger partial charge in [-0.25, -0.2) is 0 Å². The van der Waals surface area contributed by atoms with E-state index < -0.39 is 0 Å². The monoisotopic (exact) mass is 188 g/mol. The molecule has 0 fully saturated rings. The van der Waals surface area contributed by atoms with Crippen molar-refractivity contribution in [2.75, 3.05) is 33.4 Å². The summed E-state index contributed by atoms with van der Waals surface area (Å²) in [6.45, 7) is 7.75. The van der Waals surface area contributed by atoms with E-state index in [0.29, 0.717) is 6.04 Å². The Kier molecular flexibility index (Phi) is 8.40. The minimum absolute atomic E-state index is 0.316. The smallest absolute Gasteiger partial charge is 0.0593 e. The van der Waals surface area contributed by atoms with Crippen LogP contribution in [0.3, 0.4) is 0 Å². The van der Waals surface area contributed by atoms with Crippen LogP contribution in [0.2, 0.25) is 0 Å². The average Bonchev–Trinajstić information content (AvgIpc) is 2.05. The second-order valence-electron chi connectivity index (χ2n) is 3.51. The van der Waals surface area contributed by atoms with Gasteiger partial charge in [0.05, 0.1) is 6.61 Å². The Balaban J connectivity index is 3.32. The first-order chi connectivity index (χ1) is 6.20. The van der Waals surface area contributed by atoms with Crippen LogP contribution < -0.4 is 5.73 Å². The van der Waals surface area contributed by atoms with Crippen LogP contribution in [0.4, 0.5) is 0 Å². The summed E-state index contributed by atoms with van der Waals surface area (Å²) in [5, 5.41) is 0. The average molecular weight is 188 g/mol. The molecule has 0 rings (SSSR count). The van der Waals surface area contributed by atoms with Gasteiger partial charge in [0.25, 0.3) is 0 Å². The van der Waals surface area contributed by atoms with Gasteiger partial charge in [-0.05, 0) is 20.4 Å². The van der Waals surface area contributed by atoms with Crippen LogP contribution in [0.5, 0.6) is 0 Å². The van der Waals surface area contributed by atoms with E-state index in [9.17, 15) is 0 Å². The van der Waals surface area contributed by atoms with E-state index in [1.54, 1.807) is 0 Å². The summed E-state index contributed by atoms with van der Waals surface area (Å²) < 4.78 is 5.26. The third kappa shape index (κ3) is 8.22. The highest BCUT2D eigenvalue weighted by Gasteiger charge is 2.04. The van der Waals surface area contributed by atoms with Crippen LogP contribution in [0.1, 0.15) is 26.7 Å². The molecule has 0 saturated heterocycles. The van der Waals surface area contributed by atoms with Gasteiger partial charge in [-0.1, -0.05) is 13.3 Å². The molecule has 0 aromatic carbocycles. The summed E-state index contributed by atoms with van der Waals surface area (Å²) in [5.41, 5.74) is 5.91. The zero-order valence-electron chi connectivity index (χ0n) is 9.25. The van der Waals surface area contributed by atoms with Crippen molar-refractivity contribution >= 4 is 0 Å². The summed E-state index contributed by atoms with van der Waals surface area (Å²) in [7, 11) is 2.09. The van der Waals surface area contributed by atoms with E-state index in [1.807, 2.05) is 6.92 Å². The summed E-state index contributed by atoms with van der Waals surface area (Å²) in [4.78, 5) is 2.23. The Hall–Kier alpha value is -0.120. The molecule has 0 aromatic heterocycles. The maximum atomic E-state index is 5.91. The minimum Gasteiger partial charge on any atom is -0.380 e. The fourth-order valence-corrected chi connectivity index (χ4v) is 1.32. The van der Waals surface area contributed by atoms with Gasteiger partial charge in [0.15, 0.2) is 0 Å². The second-order valence-corrected chi connectivity index (χ2v) is 3.51. The van der Waals surface area contributed by atoms with Crippen molar-refractivity contribution < 1.29 is 4.74 Å². The quantitative estimate of drug-likeness (QED) is 0.579. The zero-order chi connectivity index (χ0) is 10.1. The van der Waals surface area contributed by atoms with Gasteiger partial charge >= 0.3 is 0 Å². The van der Waals surface area contributed by atoms with E-state index >= 15 is 0 Å². The lowest BCUT2D eigenvalue weighted by Gasteiger charge is -2.20. The molecule has 0 saturated carbocycles. The molecule has 2 N–H and O–H groups in total. The minimum atomic E-state index is 0.316. The predicted molar refractivity (Wildman–Crippen MR) is 56.9 cm³/mol. The molecule has 1 atom stereocenters. The number of hydrogen-bond donors (Lipinski definition) is 1. The van der Waals surface area contributed by atoms with Crippen LogP contribution >= 0.6 is 0 Å². The van der Waals surface area contributed by atoms with Crippen LogP contribution in [0.25, 0.3) is 0 Å². The SMILES string of the molecule is CCCC(N)CN(C)CCOCC. The lowest BCUT2D eigenvalue weighted by atomic mass is 10.2. The molecule has 0 aromatic rings. The fourth-order valence-electron chi connectivity index (χ4n) is 1.32. The largest absolute Gasteiger partial charge is 0.380 e. The molecule has 0 bridgehead atoms. The molecule has 1 unspecified atom stereocenters. The van der Waals surface area contributed by atoms with E-state index in [1.165, 1.54) is 6.42 Å². The van der Waals surface area contributed by atoms with E-state index in [0.717, 1.165) is 32.7 Å². The standard InChI is InChI=1S/C10H24N2O/c1-4-6-10(11)9-12(3)7-8-13-5-2/h10H,4-9,11H2,1-3H3. The van der Waals surface area contributed by atoms with Crippen molar-refractivity contribution in [1.82, 2.24) is 4.90 Å². The lowest BCUT2D eigenvalue weighted by molar-refractivity contribution is 0.120. The van der Waals surface area contributed by atoms with Crippen molar-refractivity contribution in [3.63, 3.8) is 0 Å². The van der Waals surface area contributed by atoms with Crippen LogP contribution in [0.15, 0.2) is 0 Å². The van der Waals surface area contributed by atoms with Gasteiger partial charge in [-0.15, -0.1) is 0 Å². The zero-order valence-corrected chi connectivity index (χ0v) is 9.25. The van der Waals surface area contributed by atoms with Crippen molar-refractivity contribution in [3.05, 3.63) is 0 Å². The Morgan fingerprint density at radius 2 is 2.08 bits per heavy atom. The van der Waals surface area contributed by atoms with E-state index in [2.05, 4.69) is 18.9 Å². The summed E-state index contributed by atoms with van der Waals surface area (Å²) >= 11 is 0. The molecular weight excluding hydrogens is 164 g/mol. The van der Waals surface area contributed by atoms with Crippen LogP contribution in [-0.4, -0.2) is 44.3 Å². The maximum Gasteiger partial charge on any atom is 0.0593 e. The Labute approximate surface area is 82.2 Å². The highest BCUT2D eigenvalue weighted by Crippen LogP contribution is 1.95. The van der Waals surface area contributed by atoms with Crippen molar-refractivity contribution in [1.29, 1.82) is 0 Å². The Bertz CT molecular complexity index is 109. The summed E-state index contributed by atoms with van der Waals surface area (Å²) in [5.74, 6) is 0. The van der Waals surface area contributed by atoms with Gasteiger partial charge in [-0.2, -0.15) is 0 Å². The number of ether oxygens (including phenoxy) is 1. The number of nitrogens with two attached hydrogens (primary N) is 1. The van der Waals surface area contributed by atoms with Gasteiger partial charge in [-0.3, -0.25) is 0 Å². The van der Waals surface area contributed by atoms with Crippen LogP contribution in [-0.2, 0) is 4.74 Å². The molecule has 13 heavy (non-hydrogen) atoms. The first-order valence-electron chi connectivity index (χ1n) is 5.22. The third-order valence-electron chi connectivity index (χ3n) is 2.03. The molecule has 0 heterocycles. The maximum absolute atomic E-state index is 5.91. The first kappa shape index (κ1) is 12.9. The molecule has 0 spiro atoms. The van der Waals surface area contributed by atoms with E-state index in [4.69, 9.17) is 10.5 Å². The molecule has 0 aliphatic carbocycles. The summed E-state index contributed by atoms with van der Waals surface area (Å²) in [6, 6.07) is 0.316. The van der Waals surface area contributed by atoms with Gasteiger partial charge in [0.2, 0.25) is 0 Å². The van der Waals surface area contributed by atoms with Crippen molar-refractivity contribution in [2.45, 2.75) is 32.7 Å². The molecule has 80 valence electrons. The van der Waals surface area contributed by atoms with E-state index in [-0.39, 0.29) is 0 Å². The van der Waals surface area contributed by atoms with Crippen molar-refractivity contribution in [3.8, 4) is 0 Å². The first-order valence-corrected chi connectivity index (χ1v) is 5.22. The summed E-state index contributed by atoms with van der Waals surface area (Å²) in [6.07, 6.45) is 2.28. The van der Waals surface area contributed by atoms with Crippen LogP contribution in [0, 0.1) is 0 Å². The molecule has 3 heteroatoms. The third-order valence-corrected chi connectivity index (χ3v) is 2.03.